The van der Waals surface area contributed by atoms with Crippen molar-refractivity contribution in [2.75, 3.05) is 5.75 Å². The Bertz CT molecular complexity index is 321. The van der Waals surface area contributed by atoms with E-state index in [4.69, 9.17) is 10.2 Å². The zero-order chi connectivity index (χ0) is 11.3. The molecule has 1 unspecified atom stereocenters. The summed E-state index contributed by atoms with van der Waals surface area (Å²) < 4.78 is 0. The molecule has 1 aromatic carbocycles. The van der Waals surface area contributed by atoms with Crippen LogP contribution in [0.2, 0.25) is 0 Å². The van der Waals surface area contributed by atoms with Crippen LogP contribution in [0.25, 0.3) is 0 Å². The van der Waals surface area contributed by atoms with E-state index in [1.807, 2.05) is 24.3 Å². The average molecular weight is 226 g/mol. The zero-order valence-electron chi connectivity index (χ0n) is 8.51. The smallest absolute Gasteiger partial charge is 0.332 e. The minimum atomic E-state index is -1.31. The molecule has 0 bridgehead atoms. The highest BCUT2D eigenvalue weighted by Crippen LogP contribution is 2.18. The molecule has 0 radical (unpaired) electrons. The Morgan fingerprint density at radius 1 is 1.40 bits per heavy atom. The molecular weight excluding hydrogens is 212 g/mol. The maximum Gasteiger partial charge on any atom is 0.332 e. The molecular formula is C11H14O3S. The third-order valence-corrected chi connectivity index (χ3v) is 2.84. The quantitative estimate of drug-likeness (QED) is 0.751. The molecule has 0 aliphatic rings. The molecule has 0 aromatic heterocycles. The first-order valence-corrected chi connectivity index (χ1v) is 5.74. The first-order valence-electron chi connectivity index (χ1n) is 4.76. The van der Waals surface area contributed by atoms with Gasteiger partial charge in [0.25, 0.3) is 0 Å². The Hall–Kier alpha value is -1.00. The van der Waals surface area contributed by atoms with Gasteiger partial charge in [0.1, 0.15) is 0 Å². The summed E-state index contributed by atoms with van der Waals surface area (Å²) in [6, 6.07) is 7.59. The van der Waals surface area contributed by atoms with E-state index in [0.29, 0.717) is 0 Å². The molecule has 0 spiro atoms. The zero-order valence-corrected chi connectivity index (χ0v) is 9.33. The molecule has 0 aliphatic heterocycles. The van der Waals surface area contributed by atoms with Crippen LogP contribution in [0.3, 0.4) is 0 Å². The van der Waals surface area contributed by atoms with Crippen LogP contribution in [-0.2, 0) is 11.2 Å². The molecule has 1 rings (SSSR count). The normalized spacial score (nSPS) is 12.4. The fraction of sp³-hybridized carbons (Fsp3) is 0.364. The van der Waals surface area contributed by atoms with Gasteiger partial charge in [0, 0.05) is 11.3 Å². The van der Waals surface area contributed by atoms with Crippen molar-refractivity contribution in [1.82, 2.24) is 0 Å². The molecule has 0 saturated carbocycles. The second-order valence-electron chi connectivity index (χ2n) is 3.14. The van der Waals surface area contributed by atoms with Crippen LogP contribution in [0.5, 0.6) is 0 Å². The van der Waals surface area contributed by atoms with Crippen molar-refractivity contribution in [3.05, 3.63) is 29.8 Å². The summed E-state index contributed by atoms with van der Waals surface area (Å²) in [5, 5.41) is 17.7. The van der Waals surface area contributed by atoms with Crippen molar-refractivity contribution >= 4 is 17.7 Å². The Kier molecular flexibility index (Phi) is 4.65. The number of benzene rings is 1. The highest BCUT2D eigenvalue weighted by atomic mass is 32.2. The lowest BCUT2D eigenvalue weighted by atomic mass is 10.1. The molecule has 1 atom stereocenters. The van der Waals surface area contributed by atoms with Gasteiger partial charge < -0.3 is 10.2 Å². The predicted molar refractivity (Wildman–Crippen MR) is 60.2 cm³/mol. The molecule has 0 aliphatic carbocycles. The van der Waals surface area contributed by atoms with Gasteiger partial charge in [-0.05, 0) is 23.4 Å². The summed E-state index contributed by atoms with van der Waals surface area (Å²) in [5.41, 5.74) is 0.838. The van der Waals surface area contributed by atoms with Crippen LogP contribution >= 0.6 is 11.8 Å². The summed E-state index contributed by atoms with van der Waals surface area (Å²) in [6.07, 6.45) is -1.15. The van der Waals surface area contributed by atoms with E-state index in [0.717, 1.165) is 16.2 Å². The van der Waals surface area contributed by atoms with Gasteiger partial charge in [-0.2, -0.15) is 0 Å². The molecule has 0 amide bonds. The number of rotatable bonds is 5. The van der Waals surface area contributed by atoms with Gasteiger partial charge in [0.05, 0.1) is 0 Å². The van der Waals surface area contributed by atoms with E-state index in [1.54, 1.807) is 11.8 Å². The van der Waals surface area contributed by atoms with Gasteiger partial charge in [-0.3, -0.25) is 0 Å². The number of carbonyl (C=O) groups is 1. The van der Waals surface area contributed by atoms with E-state index < -0.39 is 12.1 Å². The Morgan fingerprint density at radius 3 is 2.47 bits per heavy atom. The number of carboxylic acids is 1. The van der Waals surface area contributed by atoms with Gasteiger partial charge in [-0.15, -0.1) is 11.8 Å². The first-order chi connectivity index (χ1) is 7.13. The maximum atomic E-state index is 10.4. The molecule has 82 valence electrons. The molecule has 15 heavy (non-hydrogen) atoms. The van der Waals surface area contributed by atoms with Crippen molar-refractivity contribution in [2.45, 2.75) is 24.3 Å². The van der Waals surface area contributed by atoms with Crippen LogP contribution in [0.15, 0.2) is 29.2 Å². The highest BCUT2D eigenvalue weighted by Gasteiger charge is 2.13. The third-order valence-electron chi connectivity index (χ3n) is 1.95. The fourth-order valence-electron chi connectivity index (χ4n) is 1.20. The van der Waals surface area contributed by atoms with Gasteiger partial charge in [0.15, 0.2) is 6.10 Å². The van der Waals surface area contributed by atoms with E-state index in [-0.39, 0.29) is 6.42 Å². The number of hydrogen-bond acceptors (Lipinski definition) is 3. The number of hydrogen-bond donors (Lipinski definition) is 2. The number of aliphatic carboxylic acids is 1. The molecule has 1 aromatic rings. The molecule has 2 N–H and O–H groups in total. The number of aliphatic hydroxyl groups excluding tert-OH is 1. The predicted octanol–water partition coefficient (Wildman–Crippen LogP) is 1.79. The van der Waals surface area contributed by atoms with Gasteiger partial charge in [0.2, 0.25) is 0 Å². The first kappa shape index (κ1) is 12.1. The molecule has 4 heteroatoms. The lowest BCUT2D eigenvalue weighted by molar-refractivity contribution is -0.146. The summed E-state index contributed by atoms with van der Waals surface area (Å²) in [4.78, 5) is 11.6. The Morgan fingerprint density at radius 2 is 2.00 bits per heavy atom. The Balaban J connectivity index is 2.60. The van der Waals surface area contributed by atoms with Crippen LogP contribution in [0.1, 0.15) is 12.5 Å². The van der Waals surface area contributed by atoms with Crippen LogP contribution < -0.4 is 0 Å². The van der Waals surface area contributed by atoms with Crippen molar-refractivity contribution in [3.63, 3.8) is 0 Å². The van der Waals surface area contributed by atoms with Crippen molar-refractivity contribution < 1.29 is 15.0 Å². The van der Waals surface area contributed by atoms with E-state index in [1.165, 1.54) is 0 Å². The Labute approximate surface area is 93.1 Å². The summed E-state index contributed by atoms with van der Waals surface area (Å²) in [6.45, 7) is 2.08. The van der Waals surface area contributed by atoms with Crippen LogP contribution in [0, 0.1) is 0 Å². The lowest BCUT2D eigenvalue weighted by Crippen LogP contribution is -2.21. The molecule has 0 fully saturated rings. The van der Waals surface area contributed by atoms with Crippen molar-refractivity contribution in [2.24, 2.45) is 0 Å². The monoisotopic (exact) mass is 226 g/mol. The average Bonchev–Trinajstić information content (AvgIpc) is 2.21. The minimum Gasteiger partial charge on any atom is -0.479 e. The lowest BCUT2D eigenvalue weighted by Gasteiger charge is -2.06. The van der Waals surface area contributed by atoms with Crippen molar-refractivity contribution in [1.29, 1.82) is 0 Å². The molecule has 3 nitrogen and oxygen atoms in total. The second-order valence-corrected chi connectivity index (χ2v) is 4.47. The van der Waals surface area contributed by atoms with Gasteiger partial charge >= 0.3 is 5.97 Å². The fourth-order valence-corrected chi connectivity index (χ4v) is 1.86. The number of thioether (sulfide) groups is 1. The second kappa shape index (κ2) is 5.78. The van der Waals surface area contributed by atoms with Gasteiger partial charge in [-0.25, -0.2) is 4.79 Å². The van der Waals surface area contributed by atoms with E-state index in [2.05, 4.69) is 6.92 Å². The molecule has 0 heterocycles. The maximum absolute atomic E-state index is 10.4. The minimum absolute atomic E-state index is 0.159. The topological polar surface area (TPSA) is 57.5 Å². The largest absolute Gasteiger partial charge is 0.479 e. The molecule has 0 saturated heterocycles. The third kappa shape index (κ3) is 3.93. The van der Waals surface area contributed by atoms with Crippen LogP contribution in [0.4, 0.5) is 0 Å². The number of aliphatic hydroxyl groups is 1. The highest BCUT2D eigenvalue weighted by molar-refractivity contribution is 7.99. The summed E-state index contributed by atoms with van der Waals surface area (Å²) in [5.74, 6) is -0.168. The van der Waals surface area contributed by atoms with Crippen molar-refractivity contribution in [3.8, 4) is 0 Å². The van der Waals surface area contributed by atoms with Crippen LogP contribution in [-0.4, -0.2) is 28.0 Å². The summed E-state index contributed by atoms with van der Waals surface area (Å²) in [7, 11) is 0. The van der Waals surface area contributed by atoms with Gasteiger partial charge in [-0.1, -0.05) is 19.1 Å². The number of carboxylic acid groups (broad SMARTS) is 1. The van der Waals surface area contributed by atoms with E-state index in [9.17, 15) is 4.79 Å². The SMILES string of the molecule is CCSc1ccc(CC(O)C(=O)O)cc1. The van der Waals surface area contributed by atoms with E-state index >= 15 is 0 Å². The summed E-state index contributed by atoms with van der Waals surface area (Å²) >= 11 is 1.73. The standard InChI is InChI=1S/C11H14O3S/c1-2-15-9-5-3-8(4-6-9)7-10(12)11(13)14/h3-6,10,12H,2,7H2,1H3,(H,13,14).